The number of carboxylic acid groups (broad SMARTS) is 1. The van der Waals surface area contributed by atoms with E-state index >= 15 is 0 Å². The largest absolute Gasteiger partial charge is 0.496 e. The molecule has 0 bridgehead atoms. The van der Waals surface area contributed by atoms with E-state index in [-0.39, 0.29) is 0 Å². The predicted octanol–water partition coefficient (Wildman–Crippen LogP) is 2.65. The maximum Gasteiger partial charge on any atom is 0.310 e. The Bertz CT molecular complexity index is 349. The number of carbonyl (C=O) groups is 1. The van der Waals surface area contributed by atoms with Crippen LogP contribution in [0.1, 0.15) is 18.4 Å². The first-order valence-corrected chi connectivity index (χ1v) is 4.91. The number of ether oxygens (including phenoxy) is 1. The number of aliphatic carboxylic acids is 1. The molecular formula is C10H11BrO3. The lowest BCUT2D eigenvalue weighted by molar-refractivity contribution is -0.138. The zero-order valence-electron chi connectivity index (χ0n) is 7.95. The molecule has 1 rings (SSSR count). The molecule has 0 heterocycles. The van der Waals surface area contributed by atoms with Crippen LogP contribution in [0, 0.1) is 0 Å². The van der Waals surface area contributed by atoms with Crippen molar-refractivity contribution in [2.24, 2.45) is 0 Å². The summed E-state index contributed by atoms with van der Waals surface area (Å²) in [7, 11) is 1.57. The molecule has 0 aliphatic heterocycles. The van der Waals surface area contributed by atoms with Crippen LogP contribution in [0.3, 0.4) is 0 Å². The molecule has 0 radical (unpaired) electrons. The second-order valence-corrected chi connectivity index (χ2v) is 3.81. The second-order valence-electron chi connectivity index (χ2n) is 2.95. The zero-order valence-corrected chi connectivity index (χ0v) is 9.54. The van der Waals surface area contributed by atoms with E-state index in [4.69, 9.17) is 9.84 Å². The van der Waals surface area contributed by atoms with Crippen LogP contribution < -0.4 is 4.74 Å². The number of rotatable bonds is 3. The van der Waals surface area contributed by atoms with E-state index in [2.05, 4.69) is 15.9 Å². The Balaban J connectivity index is 3.02. The standard InChI is InChI=1S/C10H11BrO3/c1-6(10(12)13)7-3-4-9(14-2)8(11)5-7/h3-6H,1-2H3,(H,12,13). The van der Waals surface area contributed by atoms with Crippen molar-refractivity contribution in [2.75, 3.05) is 7.11 Å². The van der Waals surface area contributed by atoms with Gasteiger partial charge in [-0.1, -0.05) is 6.07 Å². The topological polar surface area (TPSA) is 46.5 Å². The molecule has 14 heavy (non-hydrogen) atoms. The van der Waals surface area contributed by atoms with Gasteiger partial charge in [0.2, 0.25) is 0 Å². The summed E-state index contributed by atoms with van der Waals surface area (Å²) in [5.74, 6) is -0.634. The van der Waals surface area contributed by atoms with Gasteiger partial charge in [0.15, 0.2) is 0 Å². The van der Waals surface area contributed by atoms with Gasteiger partial charge in [0.1, 0.15) is 5.75 Å². The van der Waals surface area contributed by atoms with Crippen molar-refractivity contribution < 1.29 is 14.6 Å². The van der Waals surface area contributed by atoms with E-state index in [1.54, 1.807) is 32.2 Å². The second kappa shape index (κ2) is 4.46. The van der Waals surface area contributed by atoms with Crippen molar-refractivity contribution in [3.05, 3.63) is 28.2 Å². The molecule has 0 aliphatic rings. The highest BCUT2D eigenvalue weighted by atomic mass is 79.9. The number of benzene rings is 1. The van der Waals surface area contributed by atoms with E-state index in [1.165, 1.54) is 0 Å². The van der Waals surface area contributed by atoms with Gasteiger partial charge in [-0.2, -0.15) is 0 Å². The van der Waals surface area contributed by atoms with Gasteiger partial charge < -0.3 is 9.84 Å². The molecule has 0 fully saturated rings. The Labute approximate surface area is 90.8 Å². The molecular weight excluding hydrogens is 248 g/mol. The van der Waals surface area contributed by atoms with Crippen LogP contribution >= 0.6 is 15.9 Å². The van der Waals surface area contributed by atoms with Gasteiger partial charge in [0, 0.05) is 0 Å². The van der Waals surface area contributed by atoms with Crippen molar-refractivity contribution in [1.82, 2.24) is 0 Å². The molecule has 1 unspecified atom stereocenters. The highest BCUT2D eigenvalue weighted by Crippen LogP contribution is 2.28. The Morgan fingerprint density at radius 3 is 2.64 bits per heavy atom. The Kier molecular flexibility index (Phi) is 3.52. The first-order valence-electron chi connectivity index (χ1n) is 4.12. The summed E-state index contributed by atoms with van der Waals surface area (Å²) < 4.78 is 5.81. The summed E-state index contributed by atoms with van der Waals surface area (Å²) in [5.41, 5.74) is 0.755. The van der Waals surface area contributed by atoms with Crippen LogP contribution in [0.5, 0.6) is 5.75 Å². The summed E-state index contributed by atoms with van der Waals surface area (Å²) in [6.45, 7) is 1.65. The predicted molar refractivity (Wildman–Crippen MR) is 56.7 cm³/mol. The molecule has 0 saturated heterocycles. The number of carboxylic acids is 1. The Morgan fingerprint density at radius 2 is 2.21 bits per heavy atom. The van der Waals surface area contributed by atoms with E-state index < -0.39 is 11.9 Å². The Hall–Kier alpha value is -1.03. The van der Waals surface area contributed by atoms with Crippen LogP contribution in [-0.2, 0) is 4.79 Å². The zero-order chi connectivity index (χ0) is 10.7. The lowest BCUT2D eigenvalue weighted by atomic mass is 10.0. The van der Waals surface area contributed by atoms with E-state index in [0.29, 0.717) is 5.75 Å². The fraction of sp³-hybridized carbons (Fsp3) is 0.300. The van der Waals surface area contributed by atoms with Crippen LogP contribution in [0.4, 0.5) is 0 Å². The van der Waals surface area contributed by atoms with Gasteiger partial charge in [-0.05, 0) is 40.5 Å². The number of methoxy groups -OCH3 is 1. The molecule has 0 aliphatic carbocycles. The first kappa shape index (κ1) is 11.0. The number of hydrogen-bond acceptors (Lipinski definition) is 2. The minimum Gasteiger partial charge on any atom is -0.496 e. The van der Waals surface area contributed by atoms with Gasteiger partial charge >= 0.3 is 5.97 Å². The van der Waals surface area contributed by atoms with E-state index in [0.717, 1.165) is 10.0 Å². The van der Waals surface area contributed by atoms with Gasteiger partial charge in [-0.3, -0.25) is 4.79 Å². The summed E-state index contributed by atoms with van der Waals surface area (Å²) >= 11 is 3.31. The van der Waals surface area contributed by atoms with Crippen LogP contribution in [0.2, 0.25) is 0 Å². The minimum absolute atomic E-state index is 0.503. The highest BCUT2D eigenvalue weighted by Gasteiger charge is 2.14. The molecule has 0 aromatic heterocycles. The van der Waals surface area contributed by atoms with Gasteiger partial charge in [0.05, 0.1) is 17.5 Å². The summed E-state index contributed by atoms with van der Waals surface area (Å²) in [6.07, 6.45) is 0. The monoisotopic (exact) mass is 258 g/mol. The van der Waals surface area contributed by atoms with Crippen molar-refractivity contribution in [1.29, 1.82) is 0 Å². The van der Waals surface area contributed by atoms with Crippen LogP contribution in [-0.4, -0.2) is 18.2 Å². The maximum atomic E-state index is 10.7. The third-order valence-electron chi connectivity index (χ3n) is 2.05. The fourth-order valence-electron chi connectivity index (χ4n) is 1.09. The van der Waals surface area contributed by atoms with Crippen LogP contribution in [0.15, 0.2) is 22.7 Å². The molecule has 4 heteroatoms. The molecule has 1 aromatic carbocycles. The maximum absolute atomic E-state index is 10.7. The van der Waals surface area contributed by atoms with Gasteiger partial charge in [-0.15, -0.1) is 0 Å². The highest BCUT2D eigenvalue weighted by molar-refractivity contribution is 9.10. The summed E-state index contributed by atoms with van der Waals surface area (Å²) in [4.78, 5) is 10.7. The third kappa shape index (κ3) is 2.26. The molecule has 76 valence electrons. The molecule has 1 N–H and O–H groups in total. The SMILES string of the molecule is COc1ccc(C(C)C(=O)O)cc1Br. The van der Waals surface area contributed by atoms with Crippen molar-refractivity contribution in [2.45, 2.75) is 12.8 Å². The third-order valence-corrected chi connectivity index (χ3v) is 2.67. The molecule has 1 atom stereocenters. The lowest BCUT2D eigenvalue weighted by Gasteiger charge is -2.09. The van der Waals surface area contributed by atoms with E-state index in [1.807, 2.05) is 0 Å². The molecule has 0 amide bonds. The average molecular weight is 259 g/mol. The van der Waals surface area contributed by atoms with Crippen molar-refractivity contribution in [3.63, 3.8) is 0 Å². The first-order chi connectivity index (χ1) is 6.56. The van der Waals surface area contributed by atoms with E-state index in [9.17, 15) is 4.79 Å². The van der Waals surface area contributed by atoms with Gasteiger partial charge in [-0.25, -0.2) is 0 Å². The Morgan fingerprint density at radius 1 is 1.57 bits per heavy atom. The number of hydrogen-bond donors (Lipinski definition) is 1. The molecule has 3 nitrogen and oxygen atoms in total. The molecule has 1 aromatic rings. The smallest absolute Gasteiger partial charge is 0.310 e. The normalized spacial score (nSPS) is 12.2. The average Bonchev–Trinajstić information content (AvgIpc) is 2.16. The lowest BCUT2D eigenvalue weighted by Crippen LogP contribution is -2.07. The number of halogens is 1. The summed E-state index contributed by atoms with van der Waals surface area (Å²) in [5, 5.41) is 8.81. The molecule has 0 saturated carbocycles. The minimum atomic E-state index is -0.831. The quantitative estimate of drug-likeness (QED) is 0.907. The molecule has 0 spiro atoms. The van der Waals surface area contributed by atoms with Gasteiger partial charge in [0.25, 0.3) is 0 Å². The van der Waals surface area contributed by atoms with Crippen molar-refractivity contribution >= 4 is 21.9 Å². The fourth-order valence-corrected chi connectivity index (χ4v) is 1.65. The van der Waals surface area contributed by atoms with Crippen LogP contribution in [0.25, 0.3) is 0 Å². The summed E-state index contributed by atoms with van der Waals surface area (Å²) in [6, 6.07) is 5.26. The van der Waals surface area contributed by atoms with Crippen molar-refractivity contribution in [3.8, 4) is 5.75 Å².